The fourth-order valence-electron chi connectivity index (χ4n) is 3.71. The third kappa shape index (κ3) is 3.86. The second-order valence-corrected chi connectivity index (χ2v) is 6.72. The Morgan fingerprint density at radius 2 is 2.04 bits per heavy atom. The first-order valence-corrected chi connectivity index (χ1v) is 9.05. The molecule has 1 aromatic heterocycles. The standard InChI is InChI=1S/C20H27N3O2/c1-15-20(16(2)22(3)21-15)18-11-7-13-23(18)19(24)12-8-14-25-17-9-5-4-6-10-17/h4-6,9-10,18H,7-8,11-14H2,1-3H3. The van der Waals surface area contributed by atoms with Gasteiger partial charge in [-0.05, 0) is 45.2 Å². The minimum Gasteiger partial charge on any atom is -0.494 e. The van der Waals surface area contributed by atoms with E-state index in [1.54, 1.807) is 0 Å². The summed E-state index contributed by atoms with van der Waals surface area (Å²) in [4.78, 5) is 14.8. The Balaban J connectivity index is 1.56. The summed E-state index contributed by atoms with van der Waals surface area (Å²) >= 11 is 0. The molecule has 1 fully saturated rings. The fraction of sp³-hybridized carbons (Fsp3) is 0.500. The van der Waals surface area contributed by atoms with Crippen LogP contribution in [0.3, 0.4) is 0 Å². The lowest BCUT2D eigenvalue weighted by Crippen LogP contribution is -2.31. The maximum atomic E-state index is 12.7. The van der Waals surface area contributed by atoms with Crippen molar-refractivity contribution in [3.8, 4) is 5.75 Å². The van der Waals surface area contributed by atoms with Crippen LogP contribution in [-0.4, -0.2) is 33.7 Å². The van der Waals surface area contributed by atoms with Crippen molar-refractivity contribution in [2.45, 2.75) is 45.6 Å². The Kier molecular flexibility index (Phi) is 5.41. The van der Waals surface area contributed by atoms with Gasteiger partial charge >= 0.3 is 0 Å². The maximum absolute atomic E-state index is 12.7. The summed E-state index contributed by atoms with van der Waals surface area (Å²) in [5.74, 6) is 1.08. The van der Waals surface area contributed by atoms with Gasteiger partial charge in [-0.25, -0.2) is 0 Å². The van der Waals surface area contributed by atoms with Gasteiger partial charge in [0.05, 0.1) is 18.3 Å². The average molecular weight is 341 g/mol. The van der Waals surface area contributed by atoms with Gasteiger partial charge in [0.1, 0.15) is 5.75 Å². The number of rotatable bonds is 6. The first-order valence-electron chi connectivity index (χ1n) is 9.05. The lowest BCUT2D eigenvalue weighted by molar-refractivity contribution is -0.132. The Morgan fingerprint density at radius 1 is 1.28 bits per heavy atom. The highest BCUT2D eigenvalue weighted by Gasteiger charge is 2.33. The molecule has 0 bridgehead atoms. The molecule has 1 atom stereocenters. The molecule has 1 amide bonds. The summed E-state index contributed by atoms with van der Waals surface area (Å²) in [5.41, 5.74) is 3.43. The Morgan fingerprint density at radius 3 is 2.72 bits per heavy atom. The number of hydrogen-bond acceptors (Lipinski definition) is 3. The summed E-state index contributed by atoms with van der Waals surface area (Å²) in [6.45, 7) is 5.54. The normalized spacial score (nSPS) is 17.1. The number of aryl methyl sites for hydroxylation is 2. The van der Waals surface area contributed by atoms with Gasteiger partial charge in [-0.15, -0.1) is 0 Å². The van der Waals surface area contributed by atoms with Gasteiger partial charge < -0.3 is 9.64 Å². The van der Waals surface area contributed by atoms with Gasteiger partial charge in [0.15, 0.2) is 0 Å². The second-order valence-electron chi connectivity index (χ2n) is 6.72. The smallest absolute Gasteiger partial charge is 0.223 e. The number of carbonyl (C=O) groups excluding carboxylic acids is 1. The van der Waals surface area contributed by atoms with Gasteiger partial charge in [0.25, 0.3) is 0 Å². The molecular weight excluding hydrogens is 314 g/mol. The summed E-state index contributed by atoms with van der Waals surface area (Å²) in [6, 6.07) is 9.92. The van der Waals surface area contributed by atoms with E-state index in [4.69, 9.17) is 4.74 Å². The average Bonchev–Trinajstić information content (AvgIpc) is 3.17. The molecule has 1 saturated heterocycles. The molecule has 1 aliphatic heterocycles. The zero-order valence-electron chi connectivity index (χ0n) is 15.4. The summed E-state index contributed by atoms with van der Waals surface area (Å²) in [5, 5.41) is 4.52. The predicted octanol–water partition coefficient (Wildman–Crippen LogP) is 3.56. The number of aromatic nitrogens is 2. The van der Waals surface area contributed by atoms with Crippen molar-refractivity contribution < 1.29 is 9.53 Å². The van der Waals surface area contributed by atoms with Crippen molar-refractivity contribution in [2.75, 3.05) is 13.2 Å². The quantitative estimate of drug-likeness (QED) is 0.755. The van der Waals surface area contributed by atoms with Crippen LogP contribution in [-0.2, 0) is 11.8 Å². The SMILES string of the molecule is Cc1nn(C)c(C)c1C1CCCN1C(=O)CCCOc1ccccc1. The van der Waals surface area contributed by atoms with Crippen LogP contribution in [0.15, 0.2) is 30.3 Å². The molecule has 0 aliphatic carbocycles. The minimum atomic E-state index is 0.177. The molecule has 25 heavy (non-hydrogen) atoms. The summed E-state index contributed by atoms with van der Waals surface area (Å²) in [7, 11) is 1.97. The first kappa shape index (κ1) is 17.5. The van der Waals surface area contributed by atoms with Crippen molar-refractivity contribution in [3.63, 3.8) is 0 Å². The van der Waals surface area contributed by atoms with E-state index in [0.29, 0.717) is 13.0 Å². The molecular formula is C20H27N3O2. The van der Waals surface area contributed by atoms with Crippen molar-refractivity contribution >= 4 is 5.91 Å². The van der Waals surface area contributed by atoms with Crippen LogP contribution in [0.2, 0.25) is 0 Å². The number of likely N-dealkylation sites (tertiary alicyclic amines) is 1. The lowest BCUT2D eigenvalue weighted by Gasteiger charge is -2.25. The monoisotopic (exact) mass is 341 g/mol. The Hall–Kier alpha value is -2.30. The minimum absolute atomic E-state index is 0.177. The molecule has 5 heteroatoms. The van der Waals surface area contributed by atoms with E-state index < -0.39 is 0 Å². The van der Waals surface area contributed by atoms with Gasteiger partial charge in [-0.3, -0.25) is 9.48 Å². The van der Waals surface area contributed by atoms with Crippen LogP contribution in [0.1, 0.15) is 48.7 Å². The number of para-hydroxylation sites is 1. The second kappa shape index (κ2) is 7.72. The molecule has 0 saturated carbocycles. The van der Waals surface area contributed by atoms with E-state index in [0.717, 1.165) is 42.9 Å². The van der Waals surface area contributed by atoms with E-state index in [-0.39, 0.29) is 11.9 Å². The largest absolute Gasteiger partial charge is 0.494 e. The molecule has 1 unspecified atom stereocenters. The van der Waals surface area contributed by atoms with Gasteiger partial charge in [-0.2, -0.15) is 5.10 Å². The Bertz CT molecular complexity index is 724. The van der Waals surface area contributed by atoms with E-state index in [1.807, 2.05) is 53.9 Å². The first-order chi connectivity index (χ1) is 12.1. The molecule has 5 nitrogen and oxygen atoms in total. The van der Waals surface area contributed by atoms with Crippen LogP contribution in [0.4, 0.5) is 0 Å². The highest BCUT2D eigenvalue weighted by atomic mass is 16.5. The van der Waals surface area contributed by atoms with E-state index in [2.05, 4.69) is 12.0 Å². The molecule has 0 N–H and O–H groups in total. The van der Waals surface area contributed by atoms with Crippen molar-refractivity contribution in [2.24, 2.45) is 7.05 Å². The van der Waals surface area contributed by atoms with E-state index >= 15 is 0 Å². The topological polar surface area (TPSA) is 47.4 Å². The highest BCUT2D eigenvalue weighted by Crippen LogP contribution is 2.35. The molecule has 0 spiro atoms. The molecule has 3 rings (SSSR count). The van der Waals surface area contributed by atoms with Crippen LogP contribution in [0, 0.1) is 13.8 Å². The molecule has 1 aromatic carbocycles. The third-order valence-corrected chi connectivity index (χ3v) is 5.02. The molecule has 2 aromatic rings. The molecule has 0 radical (unpaired) electrons. The fourth-order valence-corrected chi connectivity index (χ4v) is 3.71. The highest BCUT2D eigenvalue weighted by molar-refractivity contribution is 5.77. The number of amides is 1. The van der Waals surface area contributed by atoms with E-state index in [9.17, 15) is 4.79 Å². The zero-order valence-corrected chi connectivity index (χ0v) is 15.4. The van der Waals surface area contributed by atoms with Crippen molar-refractivity contribution in [1.82, 2.24) is 14.7 Å². The van der Waals surface area contributed by atoms with Crippen LogP contribution < -0.4 is 4.74 Å². The maximum Gasteiger partial charge on any atom is 0.223 e. The van der Waals surface area contributed by atoms with Crippen molar-refractivity contribution in [1.29, 1.82) is 0 Å². The Labute approximate surface area is 149 Å². The van der Waals surface area contributed by atoms with Crippen LogP contribution in [0.25, 0.3) is 0 Å². The number of benzene rings is 1. The van der Waals surface area contributed by atoms with Gasteiger partial charge in [0, 0.05) is 31.3 Å². The molecule has 1 aliphatic rings. The molecule has 134 valence electrons. The lowest BCUT2D eigenvalue weighted by atomic mass is 10.0. The summed E-state index contributed by atoms with van der Waals surface area (Å²) < 4.78 is 7.60. The number of hydrogen-bond donors (Lipinski definition) is 0. The van der Waals surface area contributed by atoms with Crippen molar-refractivity contribution in [3.05, 3.63) is 47.3 Å². The van der Waals surface area contributed by atoms with E-state index in [1.165, 1.54) is 5.56 Å². The zero-order chi connectivity index (χ0) is 17.8. The number of nitrogens with zero attached hydrogens (tertiary/aromatic N) is 3. The third-order valence-electron chi connectivity index (χ3n) is 5.02. The number of carbonyl (C=O) groups is 1. The van der Waals surface area contributed by atoms with Crippen LogP contribution in [0.5, 0.6) is 5.75 Å². The predicted molar refractivity (Wildman–Crippen MR) is 97.5 cm³/mol. The van der Waals surface area contributed by atoms with Gasteiger partial charge in [-0.1, -0.05) is 18.2 Å². The van der Waals surface area contributed by atoms with Crippen LogP contribution >= 0.6 is 0 Å². The van der Waals surface area contributed by atoms with Gasteiger partial charge in [0.2, 0.25) is 5.91 Å². The summed E-state index contributed by atoms with van der Waals surface area (Å²) in [6.07, 6.45) is 3.36. The molecule has 2 heterocycles. The number of ether oxygens (including phenoxy) is 1.